The van der Waals surface area contributed by atoms with Crippen molar-refractivity contribution in [2.45, 2.75) is 18.9 Å². The molecule has 2 heterocycles. The summed E-state index contributed by atoms with van der Waals surface area (Å²) in [4.78, 5) is 18.6. The van der Waals surface area contributed by atoms with Gasteiger partial charge in [0.15, 0.2) is 0 Å². The summed E-state index contributed by atoms with van der Waals surface area (Å²) in [5.74, 6) is -0.191. The number of anilines is 1. The van der Waals surface area contributed by atoms with Gasteiger partial charge in [-0.05, 0) is 47.5 Å². The molecule has 10 heteroatoms. The number of amides is 1. The van der Waals surface area contributed by atoms with E-state index in [9.17, 15) is 13.2 Å². The Kier molecular flexibility index (Phi) is 7.73. The quantitative estimate of drug-likeness (QED) is 0.261. The number of aromatic nitrogens is 1. The maximum atomic E-state index is 12.7. The van der Waals surface area contributed by atoms with Crippen LogP contribution in [0.1, 0.15) is 22.9 Å². The minimum absolute atomic E-state index is 0.191. The Labute approximate surface area is 206 Å². The number of hydrogen-bond donors (Lipinski definition) is 3. The van der Waals surface area contributed by atoms with E-state index in [-0.39, 0.29) is 17.6 Å². The zero-order valence-corrected chi connectivity index (χ0v) is 20.4. The minimum Gasteiger partial charge on any atom is -0.347 e. The molecule has 0 fully saturated rings. The Bertz CT molecular complexity index is 1320. The van der Waals surface area contributed by atoms with Crippen molar-refractivity contribution < 1.29 is 17.8 Å². The Balaban J connectivity index is 1.49. The molecule has 0 spiro atoms. The molecule has 1 radical (unpaired) electrons. The first-order chi connectivity index (χ1) is 16.4. The molecule has 0 unspecified atom stereocenters. The van der Waals surface area contributed by atoms with Crippen LogP contribution >= 0.6 is 22.7 Å². The molecule has 2 aromatic carbocycles. The van der Waals surface area contributed by atoms with Crippen molar-refractivity contribution in [2.75, 3.05) is 4.72 Å². The third-order valence-electron chi connectivity index (χ3n) is 4.93. The number of benzene rings is 2. The fourth-order valence-corrected chi connectivity index (χ4v) is 5.46. The van der Waals surface area contributed by atoms with E-state index in [1.165, 1.54) is 11.3 Å². The summed E-state index contributed by atoms with van der Waals surface area (Å²) in [6, 6.07) is 20.0. The first-order valence-corrected chi connectivity index (χ1v) is 13.6. The van der Waals surface area contributed by atoms with E-state index in [2.05, 4.69) is 5.32 Å². The largest absolute Gasteiger partial charge is 0.357 e. The van der Waals surface area contributed by atoms with Crippen molar-refractivity contribution in [3.8, 4) is 9.88 Å². The molecule has 175 valence electrons. The van der Waals surface area contributed by atoms with Gasteiger partial charge in [0.2, 0.25) is 5.91 Å². The summed E-state index contributed by atoms with van der Waals surface area (Å²) in [6.07, 6.45) is 2.60. The van der Waals surface area contributed by atoms with Gasteiger partial charge in [-0.3, -0.25) is 14.1 Å². The van der Waals surface area contributed by atoms with Crippen LogP contribution in [0, 0.1) is 6.42 Å². The predicted octanol–water partition coefficient (Wildman–Crippen LogP) is 4.93. The molecule has 7 nitrogen and oxygen atoms in total. The molecule has 0 bridgehead atoms. The second kappa shape index (κ2) is 10.9. The monoisotopic (exact) mass is 512 g/mol. The summed E-state index contributed by atoms with van der Waals surface area (Å²) in [7, 11) is -4.34. The fraction of sp³-hybridized carbons (Fsp3) is 0.125. The van der Waals surface area contributed by atoms with Gasteiger partial charge in [-0.2, -0.15) is 8.42 Å². The normalized spacial score (nSPS) is 12.3. The number of nitrogens with one attached hydrogen (secondary N) is 2. The molecule has 1 amide bonds. The van der Waals surface area contributed by atoms with Crippen molar-refractivity contribution in [3.63, 3.8) is 0 Å². The van der Waals surface area contributed by atoms with Crippen LogP contribution in [-0.4, -0.2) is 23.9 Å². The van der Waals surface area contributed by atoms with Gasteiger partial charge in [0.1, 0.15) is 5.01 Å². The zero-order chi connectivity index (χ0) is 24.0. The lowest BCUT2D eigenvalue weighted by Gasteiger charge is -2.17. The van der Waals surface area contributed by atoms with Gasteiger partial charge in [-0.1, -0.05) is 48.5 Å². The van der Waals surface area contributed by atoms with Gasteiger partial charge in [-0.15, -0.1) is 22.7 Å². The maximum Gasteiger partial charge on any atom is 0.357 e. The number of thiophene rings is 1. The Morgan fingerprint density at radius 1 is 1.00 bits per heavy atom. The van der Waals surface area contributed by atoms with Crippen molar-refractivity contribution in [3.05, 3.63) is 101 Å². The highest BCUT2D eigenvalue weighted by Crippen LogP contribution is 2.31. The minimum atomic E-state index is -4.34. The van der Waals surface area contributed by atoms with Crippen LogP contribution in [0.2, 0.25) is 0 Å². The van der Waals surface area contributed by atoms with Gasteiger partial charge >= 0.3 is 10.3 Å². The van der Waals surface area contributed by atoms with Gasteiger partial charge in [0.25, 0.3) is 0 Å². The molecule has 0 saturated heterocycles. The van der Waals surface area contributed by atoms with Gasteiger partial charge in [0.05, 0.1) is 28.7 Å². The standard InChI is InChI=1S/C24H22N3O4S3/c28-23(13-10-17-5-2-1-3-6-17)25-20(21-16-33-24(26-21)22-7-4-14-32-22)15-18-8-11-19(12-9-18)27-34(29,30)31/h1-9,11-14,16,20,27H,10,15H2,(H,25,28)(H,29,30,31)/t20-/m0/s1. The van der Waals surface area contributed by atoms with Crippen LogP contribution < -0.4 is 10.0 Å². The average molecular weight is 513 g/mol. The molecule has 0 aliphatic heterocycles. The first-order valence-electron chi connectivity index (χ1n) is 10.4. The van der Waals surface area contributed by atoms with Crippen LogP contribution in [0.5, 0.6) is 0 Å². The van der Waals surface area contributed by atoms with E-state index >= 15 is 0 Å². The molecule has 1 atom stereocenters. The number of nitrogens with zero attached hydrogens (tertiary/aromatic N) is 1. The van der Waals surface area contributed by atoms with Gasteiger partial charge in [-0.25, -0.2) is 4.98 Å². The van der Waals surface area contributed by atoms with Crippen LogP contribution in [0.3, 0.4) is 0 Å². The lowest BCUT2D eigenvalue weighted by Crippen LogP contribution is -2.30. The van der Waals surface area contributed by atoms with Crippen molar-refractivity contribution in [1.29, 1.82) is 0 Å². The highest BCUT2D eigenvalue weighted by Gasteiger charge is 2.20. The number of rotatable bonds is 10. The highest BCUT2D eigenvalue weighted by molar-refractivity contribution is 7.87. The van der Waals surface area contributed by atoms with Crippen molar-refractivity contribution in [2.24, 2.45) is 0 Å². The molecule has 34 heavy (non-hydrogen) atoms. The van der Waals surface area contributed by atoms with Gasteiger partial charge in [0, 0.05) is 5.38 Å². The molecule has 2 aromatic heterocycles. The molecule has 4 aromatic rings. The molecule has 0 saturated carbocycles. The topological polar surface area (TPSA) is 108 Å². The molecular formula is C24H22N3O4S3. The third kappa shape index (κ3) is 6.97. The Morgan fingerprint density at radius 2 is 1.76 bits per heavy atom. The van der Waals surface area contributed by atoms with Crippen molar-refractivity contribution in [1.82, 2.24) is 10.3 Å². The average Bonchev–Trinajstić information content (AvgIpc) is 3.50. The zero-order valence-electron chi connectivity index (χ0n) is 17.9. The van der Waals surface area contributed by atoms with Crippen molar-refractivity contribution >= 4 is 44.6 Å². The molecule has 0 aliphatic carbocycles. The van der Waals surface area contributed by atoms with Crippen LogP contribution in [0.25, 0.3) is 9.88 Å². The van der Waals surface area contributed by atoms with Crippen LogP contribution in [-0.2, 0) is 27.9 Å². The predicted molar refractivity (Wildman–Crippen MR) is 136 cm³/mol. The smallest absolute Gasteiger partial charge is 0.347 e. The van der Waals surface area contributed by atoms with Crippen LogP contribution in [0.15, 0.2) is 77.5 Å². The summed E-state index contributed by atoms with van der Waals surface area (Å²) in [5.41, 5.74) is 2.93. The van der Waals surface area contributed by atoms with E-state index in [1.807, 2.05) is 57.9 Å². The maximum absolute atomic E-state index is 12.7. The number of carbonyl (C=O) groups excluding carboxylic acids is 1. The van der Waals surface area contributed by atoms with E-state index < -0.39 is 10.3 Å². The van der Waals surface area contributed by atoms with E-state index in [0.717, 1.165) is 26.7 Å². The Hall–Kier alpha value is -3.05. The summed E-state index contributed by atoms with van der Waals surface area (Å²) >= 11 is 3.13. The summed E-state index contributed by atoms with van der Waals surface area (Å²) < 4.78 is 33.0. The number of hydrogen-bond acceptors (Lipinski definition) is 6. The number of carbonyl (C=O) groups is 1. The fourth-order valence-electron chi connectivity index (χ4n) is 3.34. The Morgan fingerprint density at radius 3 is 2.44 bits per heavy atom. The second-order valence-corrected chi connectivity index (χ2v) is 10.4. The SMILES string of the molecule is O=C([CH]Cc1ccccc1)N[C@@H](Cc1ccc(NS(=O)(=O)O)cc1)c1csc(-c2cccs2)n1. The third-order valence-corrected chi connectivity index (χ3v) is 7.33. The van der Waals surface area contributed by atoms with E-state index in [0.29, 0.717) is 12.8 Å². The molecular weight excluding hydrogens is 490 g/mol. The lowest BCUT2D eigenvalue weighted by atomic mass is 10.0. The first kappa shape index (κ1) is 24.1. The second-order valence-electron chi connectivity index (χ2n) is 7.49. The highest BCUT2D eigenvalue weighted by atomic mass is 32.2. The molecule has 0 aliphatic rings. The van der Waals surface area contributed by atoms with E-state index in [4.69, 9.17) is 9.54 Å². The molecule has 4 rings (SSSR count). The van der Waals surface area contributed by atoms with E-state index in [1.54, 1.807) is 42.0 Å². The number of thiazole rings is 1. The summed E-state index contributed by atoms with van der Waals surface area (Å²) in [5, 5.41) is 7.91. The lowest BCUT2D eigenvalue weighted by molar-refractivity contribution is -0.118. The van der Waals surface area contributed by atoms with Crippen LogP contribution in [0.4, 0.5) is 5.69 Å². The summed E-state index contributed by atoms with van der Waals surface area (Å²) in [6.45, 7) is 0. The van der Waals surface area contributed by atoms with Gasteiger partial charge < -0.3 is 5.32 Å². The molecule has 3 N–H and O–H groups in total.